The molecule has 9 heteroatoms. The Bertz CT molecular complexity index is 1230. The molecule has 3 aromatic rings. The van der Waals surface area contributed by atoms with E-state index in [1.807, 2.05) is 44.2 Å². The van der Waals surface area contributed by atoms with E-state index >= 15 is 0 Å². The quantitative estimate of drug-likeness (QED) is 0.443. The molecule has 0 spiro atoms. The summed E-state index contributed by atoms with van der Waals surface area (Å²) >= 11 is 6.25. The lowest BCUT2D eigenvalue weighted by Gasteiger charge is -2.27. The molecule has 0 unspecified atom stereocenters. The van der Waals surface area contributed by atoms with Crippen LogP contribution in [0.4, 0.5) is 5.95 Å². The van der Waals surface area contributed by atoms with Gasteiger partial charge in [0.2, 0.25) is 5.95 Å². The standard InChI is InChI=1S/C26H28ClN3O5/c1-15-10-18(11-16(2)24(15)27)35-14-21-20(25(31)32)13-28-26(29-21)30-9-5-6-22(30)19-8-7-17(33-3)12-23(19)34-4/h7-8,10-13,22H,5-6,9,14H2,1-4H3,(H,31,32)/t22-/m0/s1. The van der Waals surface area contributed by atoms with Gasteiger partial charge in [-0.1, -0.05) is 11.6 Å². The average molecular weight is 498 g/mol. The Labute approximate surface area is 209 Å². The van der Waals surface area contributed by atoms with Crippen LogP contribution in [0.5, 0.6) is 17.2 Å². The van der Waals surface area contributed by atoms with Crippen LogP contribution in [0.3, 0.4) is 0 Å². The summed E-state index contributed by atoms with van der Waals surface area (Å²) in [4.78, 5) is 23.0. The van der Waals surface area contributed by atoms with Gasteiger partial charge in [0.1, 0.15) is 29.4 Å². The molecule has 2 heterocycles. The number of rotatable bonds is 8. The SMILES string of the molecule is COc1ccc([C@@H]2CCCN2c2ncc(C(=O)O)c(COc3cc(C)c(Cl)c(C)c3)n2)c(OC)c1. The highest BCUT2D eigenvalue weighted by atomic mass is 35.5. The maximum atomic E-state index is 11.9. The molecule has 1 aromatic heterocycles. The Morgan fingerprint density at radius 2 is 1.89 bits per heavy atom. The van der Waals surface area contributed by atoms with Crippen LogP contribution in [0.1, 0.15) is 51.6 Å². The van der Waals surface area contributed by atoms with E-state index in [0.717, 1.165) is 41.8 Å². The lowest BCUT2D eigenvalue weighted by Crippen LogP contribution is -2.26. The molecular weight excluding hydrogens is 470 g/mol. The zero-order valence-corrected chi connectivity index (χ0v) is 20.9. The molecule has 184 valence electrons. The highest BCUT2D eigenvalue weighted by molar-refractivity contribution is 6.32. The molecule has 0 amide bonds. The van der Waals surface area contributed by atoms with Crippen LogP contribution < -0.4 is 19.1 Å². The van der Waals surface area contributed by atoms with Gasteiger partial charge in [0.15, 0.2) is 0 Å². The Morgan fingerprint density at radius 3 is 2.54 bits per heavy atom. The van der Waals surface area contributed by atoms with Crippen LogP contribution >= 0.6 is 11.6 Å². The van der Waals surface area contributed by atoms with E-state index in [-0.39, 0.29) is 18.2 Å². The van der Waals surface area contributed by atoms with Crippen LogP contribution in [0.25, 0.3) is 0 Å². The lowest BCUT2D eigenvalue weighted by molar-refractivity contribution is 0.0692. The van der Waals surface area contributed by atoms with Crippen molar-refractivity contribution in [3.8, 4) is 17.2 Å². The van der Waals surface area contributed by atoms with Gasteiger partial charge < -0.3 is 24.2 Å². The van der Waals surface area contributed by atoms with E-state index < -0.39 is 5.97 Å². The third-order valence-corrected chi connectivity index (χ3v) is 6.78. The minimum Gasteiger partial charge on any atom is -0.497 e. The number of methoxy groups -OCH3 is 2. The number of aromatic nitrogens is 2. The van der Waals surface area contributed by atoms with Crippen molar-refractivity contribution in [1.82, 2.24) is 9.97 Å². The highest BCUT2D eigenvalue weighted by Gasteiger charge is 2.31. The number of carboxylic acid groups (broad SMARTS) is 1. The molecular formula is C26H28ClN3O5. The van der Waals surface area contributed by atoms with E-state index in [0.29, 0.717) is 28.2 Å². The number of anilines is 1. The van der Waals surface area contributed by atoms with Gasteiger partial charge in [0.05, 0.1) is 26.0 Å². The summed E-state index contributed by atoms with van der Waals surface area (Å²) in [5, 5.41) is 10.4. The molecule has 1 atom stereocenters. The fourth-order valence-electron chi connectivity index (χ4n) is 4.40. The van der Waals surface area contributed by atoms with E-state index in [2.05, 4.69) is 14.9 Å². The van der Waals surface area contributed by atoms with Crippen molar-refractivity contribution in [2.75, 3.05) is 25.7 Å². The Kier molecular flexibility index (Phi) is 7.31. The van der Waals surface area contributed by atoms with Crippen LogP contribution in [0.15, 0.2) is 36.5 Å². The molecule has 2 aromatic carbocycles. The topological polar surface area (TPSA) is 94.0 Å². The Balaban J connectivity index is 1.64. The van der Waals surface area contributed by atoms with Crippen molar-refractivity contribution in [2.45, 2.75) is 39.3 Å². The van der Waals surface area contributed by atoms with Gasteiger partial charge in [-0.2, -0.15) is 0 Å². The van der Waals surface area contributed by atoms with Gasteiger partial charge >= 0.3 is 5.97 Å². The highest BCUT2D eigenvalue weighted by Crippen LogP contribution is 2.40. The zero-order chi connectivity index (χ0) is 25.1. The number of halogens is 1. The second kappa shape index (κ2) is 10.4. The molecule has 1 aliphatic rings. The number of carbonyl (C=O) groups is 1. The monoisotopic (exact) mass is 497 g/mol. The van der Waals surface area contributed by atoms with Crippen molar-refractivity contribution >= 4 is 23.5 Å². The van der Waals surface area contributed by atoms with Crippen molar-refractivity contribution in [2.24, 2.45) is 0 Å². The first-order valence-electron chi connectivity index (χ1n) is 11.3. The molecule has 0 saturated carbocycles. The molecule has 4 rings (SSSR count). The van der Waals surface area contributed by atoms with E-state index in [4.69, 9.17) is 25.8 Å². The van der Waals surface area contributed by atoms with Crippen molar-refractivity contribution in [3.05, 3.63) is 69.5 Å². The lowest BCUT2D eigenvalue weighted by atomic mass is 10.0. The van der Waals surface area contributed by atoms with E-state index in [9.17, 15) is 9.90 Å². The Hall–Kier alpha value is -3.52. The van der Waals surface area contributed by atoms with Crippen LogP contribution in [0.2, 0.25) is 5.02 Å². The molecule has 0 bridgehead atoms. The predicted octanol–water partition coefficient (Wildman–Crippen LogP) is 5.38. The molecule has 1 saturated heterocycles. The number of aryl methyl sites for hydroxylation is 2. The second-order valence-electron chi connectivity index (χ2n) is 8.45. The summed E-state index contributed by atoms with van der Waals surface area (Å²) in [6.07, 6.45) is 3.18. The molecule has 35 heavy (non-hydrogen) atoms. The first-order chi connectivity index (χ1) is 16.8. The van der Waals surface area contributed by atoms with Gasteiger partial charge in [0.25, 0.3) is 0 Å². The van der Waals surface area contributed by atoms with Gasteiger partial charge in [-0.05, 0) is 62.1 Å². The van der Waals surface area contributed by atoms with E-state index in [1.54, 1.807) is 14.2 Å². The summed E-state index contributed by atoms with van der Waals surface area (Å²) < 4.78 is 16.9. The van der Waals surface area contributed by atoms with Gasteiger partial charge in [-0.15, -0.1) is 0 Å². The molecule has 1 N–H and O–H groups in total. The zero-order valence-electron chi connectivity index (χ0n) is 20.2. The number of hydrogen-bond acceptors (Lipinski definition) is 7. The normalized spacial score (nSPS) is 15.2. The van der Waals surface area contributed by atoms with Gasteiger partial charge in [0, 0.05) is 29.4 Å². The largest absolute Gasteiger partial charge is 0.497 e. The number of carboxylic acids is 1. The van der Waals surface area contributed by atoms with Crippen LogP contribution in [0, 0.1) is 13.8 Å². The summed E-state index contributed by atoms with van der Waals surface area (Å²) in [7, 11) is 3.25. The number of ether oxygens (including phenoxy) is 3. The summed E-state index contributed by atoms with van der Waals surface area (Å²) in [5.41, 5.74) is 3.09. The molecule has 1 fully saturated rings. The minimum atomic E-state index is -1.10. The smallest absolute Gasteiger partial charge is 0.339 e. The second-order valence-corrected chi connectivity index (χ2v) is 8.83. The van der Waals surface area contributed by atoms with Crippen molar-refractivity contribution in [3.63, 3.8) is 0 Å². The van der Waals surface area contributed by atoms with Crippen molar-refractivity contribution in [1.29, 1.82) is 0 Å². The summed E-state index contributed by atoms with van der Waals surface area (Å²) in [5.74, 6) is 1.39. The van der Waals surface area contributed by atoms with Crippen molar-refractivity contribution < 1.29 is 24.1 Å². The van der Waals surface area contributed by atoms with E-state index in [1.165, 1.54) is 6.20 Å². The maximum Gasteiger partial charge on any atom is 0.339 e. The third-order valence-electron chi connectivity index (χ3n) is 6.18. The third kappa shape index (κ3) is 5.12. The predicted molar refractivity (Wildman–Crippen MR) is 133 cm³/mol. The molecule has 1 aliphatic heterocycles. The van der Waals surface area contributed by atoms with Crippen LogP contribution in [-0.4, -0.2) is 41.8 Å². The maximum absolute atomic E-state index is 11.9. The van der Waals surface area contributed by atoms with Crippen LogP contribution in [-0.2, 0) is 6.61 Å². The molecule has 0 radical (unpaired) electrons. The number of benzene rings is 2. The molecule has 8 nitrogen and oxygen atoms in total. The average Bonchev–Trinajstić information content (AvgIpc) is 3.35. The molecule has 0 aliphatic carbocycles. The Morgan fingerprint density at radius 1 is 1.14 bits per heavy atom. The van der Waals surface area contributed by atoms with Gasteiger partial charge in [-0.25, -0.2) is 14.8 Å². The fraction of sp³-hybridized carbons (Fsp3) is 0.346. The number of nitrogens with zero attached hydrogens (tertiary/aromatic N) is 3. The number of aromatic carboxylic acids is 1. The first kappa shape index (κ1) is 24.6. The summed E-state index contributed by atoms with van der Waals surface area (Å²) in [6, 6.07) is 9.38. The minimum absolute atomic E-state index is 0.00827. The summed E-state index contributed by atoms with van der Waals surface area (Å²) in [6.45, 7) is 4.52. The fourth-order valence-corrected chi connectivity index (χ4v) is 4.51. The van der Waals surface area contributed by atoms with Gasteiger partial charge in [-0.3, -0.25) is 0 Å². The first-order valence-corrected chi connectivity index (χ1v) is 11.7. The number of hydrogen-bond donors (Lipinski definition) is 1.